The van der Waals surface area contributed by atoms with Crippen LogP contribution in [-0.2, 0) is 21.5 Å². The fraction of sp³-hybridized carbons (Fsp3) is 0.588. The van der Waals surface area contributed by atoms with Crippen LogP contribution in [-0.4, -0.2) is 32.0 Å². The Morgan fingerprint density at radius 3 is 2.30 bits per heavy atom. The fourth-order valence-electron chi connectivity index (χ4n) is 2.63. The van der Waals surface area contributed by atoms with Crippen molar-refractivity contribution >= 4 is 16.0 Å². The molecular weight excluding hydrogens is 314 g/mol. The maximum absolute atomic E-state index is 12.5. The molecule has 1 aliphatic carbocycles. The summed E-state index contributed by atoms with van der Waals surface area (Å²) in [7, 11) is -3.51. The van der Waals surface area contributed by atoms with Crippen molar-refractivity contribution in [3.05, 3.63) is 29.8 Å². The van der Waals surface area contributed by atoms with Gasteiger partial charge in [0.1, 0.15) is 5.75 Å². The maximum Gasteiger partial charge on any atom is 0.306 e. The zero-order chi connectivity index (χ0) is 17.0. The van der Waals surface area contributed by atoms with Crippen molar-refractivity contribution in [2.45, 2.75) is 39.7 Å². The van der Waals surface area contributed by atoms with E-state index in [0.29, 0.717) is 12.5 Å². The van der Waals surface area contributed by atoms with Gasteiger partial charge in [0.2, 0.25) is 5.91 Å². The molecule has 0 aromatic heterocycles. The lowest BCUT2D eigenvalue weighted by Crippen LogP contribution is -2.40. The highest BCUT2D eigenvalue weighted by molar-refractivity contribution is 7.86. The lowest BCUT2D eigenvalue weighted by Gasteiger charge is -2.32. The highest BCUT2D eigenvalue weighted by Gasteiger charge is 2.29. The quantitative estimate of drug-likeness (QED) is 0.717. The van der Waals surface area contributed by atoms with Gasteiger partial charge in [-0.05, 0) is 36.5 Å². The Bertz CT molecular complexity index is 633. The molecule has 0 atom stereocenters. The molecule has 1 fully saturated rings. The molecule has 0 saturated heterocycles. The van der Waals surface area contributed by atoms with Crippen LogP contribution in [0.2, 0.25) is 0 Å². The van der Waals surface area contributed by atoms with E-state index in [0.717, 1.165) is 37.6 Å². The number of hydrogen-bond donors (Lipinski definition) is 0. The first kappa shape index (κ1) is 17.8. The normalized spacial score (nSPS) is 15.3. The van der Waals surface area contributed by atoms with Gasteiger partial charge in [-0.15, -0.1) is 0 Å². The van der Waals surface area contributed by atoms with Crippen LogP contribution in [0.5, 0.6) is 5.75 Å². The molecule has 6 heteroatoms. The maximum atomic E-state index is 12.5. The molecule has 0 aliphatic heterocycles. The van der Waals surface area contributed by atoms with Crippen molar-refractivity contribution in [1.29, 1.82) is 0 Å². The van der Waals surface area contributed by atoms with Crippen molar-refractivity contribution < 1.29 is 17.4 Å². The minimum atomic E-state index is -3.51. The Morgan fingerprint density at radius 2 is 1.87 bits per heavy atom. The Balaban J connectivity index is 2.04. The van der Waals surface area contributed by atoms with Crippen LogP contribution in [0.4, 0.5) is 0 Å². The molecule has 1 aromatic carbocycles. The van der Waals surface area contributed by atoms with Gasteiger partial charge >= 0.3 is 10.1 Å². The first-order valence-electron chi connectivity index (χ1n) is 8.02. The fourth-order valence-corrected chi connectivity index (χ4v) is 3.09. The van der Waals surface area contributed by atoms with Crippen LogP contribution in [0.25, 0.3) is 0 Å². The zero-order valence-electron chi connectivity index (χ0n) is 14.0. The summed E-state index contributed by atoms with van der Waals surface area (Å²) in [6.45, 7) is 5.48. The lowest BCUT2D eigenvalue weighted by molar-refractivity contribution is -0.139. The second kappa shape index (κ2) is 7.34. The second-order valence-corrected chi connectivity index (χ2v) is 8.25. The molecule has 0 spiro atoms. The van der Waals surface area contributed by atoms with E-state index < -0.39 is 10.1 Å². The molecule has 2 rings (SSSR count). The summed E-state index contributed by atoms with van der Waals surface area (Å²) in [4.78, 5) is 14.5. The van der Waals surface area contributed by atoms with E-state index in [-0.39, 0.29) is 17.6 Å². The van der Waals surface area contributed by atoms with Gasteiger partial charge in [0.05, 0.1) is 6.26 Å². The van der Waals surface area contributed by atoms with Gasteiger partial charge < -0.3 is 9.08 Å². The summed E-state index contributed by atoms with van der Waals surface area (Å²) in [5.41, 5.74) is 0.971. The summed E-state index contributed by atoms with van der Waals surface area (Å²) in [6.07, 6.45) is 4.15. The third kappa shape index (κ3) is 5.53. The molecule has 0 heterocycles. The van der Waals surface area contributed by atoms with Gasteiger partial charge in [0, 0.05) is 19.0 Å². The van der Waals surface area contributed by atoms with Crippen LogP contribution in [0.15, 0.2) is 24.3 Å². The molecule has 0 unspecified atom stereocenters. The van der Waals surface area contributed by atoms with E-state index >= 15 is 0 Å². The summed E-state index contributed by atoms with van der Waals surface area (Å²) in [5.74, 6) is 1.12. The van der Waals surface area contributed by atoms with Gasteiger partial charge in [-0.25, -0.2) is 0 Å². The van der Waals surface area contributed by atoms with Crippen molar-refractivity contribution in [3.63, 3.8) is 0 Å². The minimum Gasteiger partial charge on any atom is -0.383 e. The summed E-state index contributed by atoms with van der Waals surface area (Å²) >= 11 is 0. The van der Waals surface area contributed by atoms with E-state index in [2.05, 4.69) is 13.8 Å². The molecule has 0 bridgehead atoms. The topological polar surface area (TPSA) is 63.7 Å². The monoisotopic (exact) mass is 339 g/mol. The smallest absolute Gasteiger partial charge is 0.306 e. The summed E-state index contributed by atoms with van der Waals surface area (Å²) < 4.78 is 27.1. The number of rotatable bonds is 7. The van der Waals surface area contributed by atoms with Gasteiger partial charge in [-0.1, -0.05) is 32.4 Å². The Labute approximate surface area is 138 Å². The van der Waals surface area contributed by atoms with Crippen LogP contribution in [0.1, 0.15) is 38.7 Å². The number of amides is 1. The van der Waals surface area contributed by atoms with Crippen molar-refractivity contribution in [1.82, 2.24) is 4.90 Å². The molecule has 1 amide bonds. The van der Waals surface area contributed by atoms with Crippen molar-refractivity contribution in [3.8, 4) is 5.75 Å². The highest BCUT2D eigenvalue weighted by Crippen LogP contribution is 2.29. The van der Waals surface area contributed by atoms with E-state index in [9.17, 15) is 13.2 Å². The predicted molar refractivity (Wildman–Crippen MR) is 89.5 cm³/mol. The third-order valence-corrected chi connectivity index (χ3v) is 4.39. The average molecular weight is 339 g/mol. The van der Waals surface area contributed by atoms with Crippen LogP contribution in [0, 0.1) is 11.8 Å². The van der Waals surface area contributed by atoms with E-state index in [1.165, 1.54) is 0 Å². The molecule has 0 radical (unpaired) electrons. The number of nitrogens with zero attached hydrogens (tertiary/aromatic N) is 1. The number of benzene rings is 1. The molecule has 1 aromatic rings. The molecule has 1 aliphatic rings. The van der Waals surface area contributed by atoms with Crippen molar-refractivity contribution in [2.75, 3.05) is 12.8 Å². The molecule has 128 valence electrons. The van der Waals surface area contributed by atoms with Gasteiger partial charge in [-0.2, -0.15) is 8.42 Å². The minimum absolute atomic E-state index is 0.182. The standard InChI is InChI=1S/C17H25NO4S/c1-13(2)11-18(17(19)15-5-4-6-15)12-14-7-9-16(10-8-14)22-23(3,20)21/h7-10,13,15H,4-6,11-12H2,1-3H3. The van der Waals surface area contributed by atoms with Gasteiger partial charge in [-0.3, -0.25) is 4.79 Å². The molecule has 23 heavy (non-hydrogen) atoms. The van der Waals surface area contributed by atoms with Crippen LogP contribution < -0.4 is 4.18 Å². The molecular formula is C17H25NO4S. The van der Waals surface area contributed by atoms with Gasteiger partial charge in [0.15, 0.2) is 0 Å². The SMILES string of the molecule is CC(C)CN(Cc1ccc(OS(C)(=O)=O)cc1)C(=O)C1CCC1. The Morgan fingerprint density at radius 1 is 1.26 bits per heavy atom. The first-order valence-corrected chi connectivity index (χ1v) is 9.83. The summed E-state index contributed by atoms with van der Waals surface area (Å²) in [5, 5.41) is 0. The summed E-state index contributed by atoms with van der Waals surface area (Å²) in [6, 6.07) is 6.86. The molecule has 5 nitrogen and oxygen atoms in total. The first-order chi connectivity index (χ1) is 10.7. The van der Waals surface area contributed by atoms with Crippen LogP contribution >= 0.6 is 0 Å². The van der Waals surface area contributed by atoms with Crippen LogP contribution in [0.3, 0.4) is 0 Å². The predicted octanol–water partition coefficient (Wildman–Crippen LogP) is 2.81. The highest BCUT2D eigenvalue weighted by atomic mass is 32.2. The van der Waals surface area contributed by atoms with E-state index in [4.69, 9.17) is 4.18 Å². The lowest BCUT2D eigenvalue weighted by atomic mass is 9.84. The van der Waals surface area contributed by atoms with E-state index in [1.807, 2.05) is 17.0 Å². The largest absolute Gasteiger partial charge is 0.383 e. The number of carbonyl (C=O) groups is 1. The van der Waals surface area contributed by atoms with Gasteiger partial charge in [0.25, 0.3) is 0 Å². The Kier molecular flexibility index (Phi) is 5.68. The molecule has 1 saturated carbocycles. The molecule has 0 N–H and O–H groups in total. The Hall–Kier alpha value is -1.56. The number of hydrogen-bond acceptors (Lipinski definition) is 4. The zero-order valence-corrected chi connectivity index (χ0v) is 14.8. The van der Waals surface area contributed by atoms with Crippen molar-refractivity contribution in [2.24, 2.45) is 11.8 Å². The number of carbonyl (C=O) groups excluding carboxylic acids is 1. The van der Waals surface area contributed by atoms with E-state index in [1.54, 1.807) is 12.1 Å². The second-order valence-electron chi connectivity index (χ2n) is 6.67. The average Bonchev–Trinajstić information content (AvgIpc) is 2.36. The third-order valence-electron chi connectivity index (χ3n) is 3.90.